The second-order valence-corrected chi connectivity index (χ2v) is 7.21. The van der Waals surface area contributed by atoms with Gasteiger partial charge < -0.3 is 5.32 Å². The van der Waals surface area contributed by atoms with Gasteiger partial charge in [-0.05, 0) is 36.1 Å². The Hall–Kier alpha value is -1.95. The van der Waals surface area contributed by atoms with Crippen molar-refractivity contribution in [3.05, 3.63) is 58.9 Å². The van der Waals surface area contributed by atoms with Crippen LogP contribution in [-0.4, -0.2) is 39.3 Å². The topological polar surface area (TPSA) is 46.0 Å². The number of halogens is 1. The molecule has 2 aromatic heterocycles. The molecule has 1 fully saturated rings. The summed E-state index contributed by atoms with van der Waals surface area (Å²) in [5, 5.41) is 9.19. The Morgan fingerprint density at radius 3 is 2.70 bits per heavy atom. The molecule has 3 aromatic rings. The summed E-state index contributed by atoms with van der Waals surface area (Å²) in [5.41, 5.74) is 6.04. The highest BCUT2D eigenvalue weighted by Crippen LogP contribution is 2.26. The third kappa shape index (κ3) is 4.00. The fraction of sp³-hybridized carbons (Fsp3) is 0.429. The zero-order valence-electron chi connectivity index (χ0n) is 16.3. The van der Waals surface area contributed by atoms with Gasteiger partial charge in [-0.25, -0.2) is 4.98 Å². The summed E-state index contributed by atoms with van der Waals surface area (Å²) in [6.45, 7) is 8.24. The van der Waals surface area contributed by atoms with Crippen molar-refractivity contribution in [2.75, 3.05) is 19.6 Å². The molecule has 0 radical (unpaired) electrons. The molecule has 0 bridgehead atoms. The van der Waals surface area contributed by atoms with Crippen molar-refractivity contribution in [3.8, 4) is 0 Å². The summed E-state index contributed by atoms with van der Waals surface area (Å²) in [7, 11) is 1.95. The SMILES string of the molecule is CCc1ccc(C2CNCCN2Cc2cnc3c(c2)c(C)nn3C)cc1.Cl. The average Bonchev–Trinajstić information content (AvgIpc) is 2.96. The van der Waals surface area contributed by atoms with E-state index in [0.29, 0.717) is 6.04 Å². The van der Waals surface area contributed by atoms with Crippen LogP contribution in [0.15, 0.2) is 36.5 Å². The van der Waals surface area contributed by atoms with Gasteiger partial charge in [0, 0.05) is 50.9 Å². The maximum atomic E-state index is 4.65. The van der Waals surface area contributed by atoms with Crippen LogP contribution in [0.4, 0.5) is 0 Å². The Morgan fingerprint density at radius 1 is 1.19 bits per heavy atom. The number of hydrogen-bond donors (Lipinski definition) is 1. The number of nitrogens with zero attached hydrogens (tertiary/aromatic N) is 4. The maximum Gasteiger partial charge on any atom is 0.157 e. The number of pyridine rings is 1. The molecule has 0 saturated carbocycles. The van der Waals surface area contributed by atoms with Crippen LogP contribution in [-0.2, 0) is 20.0 Å². The lowest BCUT2D eigenvalue weighted by atomic mass is 10.0. The van der Waals surface area contributed by atoms with Crippen LogP contribution in [0.25, 0.3) is 11.0 Å². The van der Waals surface area contributed by atoms with E-state index >= 15 is 0 Å². The van der Waals surface area contributed by atoms with Gasteiger partial charge in [-0.15, -0.1) is 12.4 Å². The summed E-state index contributed by atoms with van der Waals surface area (Å²) >= 11 is 0. The lowest BCUT2D eigenvalue weighted by Crippen LogP contribution is -2.45. The number of aromatic nitrogens is 3. The molecule has 1 saturated heterocycles. The minimum absolute atomic E-state index is 0. The molecule has 1 aliphatic rings. The Labute approximate surface area is 167 Å². The fourth-order valence-electron chi connectivity index (χ4n) is 3.91. The summed E-state index contributed by atoms with van der Waals surface area (Å²) in [6, 6.07) is 11.8. The normalized spacial score (nSPS) is 17.8. The number of nitrogens with one attached hydrogen (secondary N) is 1. The molecule has 6 heteroatoms. The lowest BCUT2D eigenvalue weighted by molar-refractivity contribution is 0.153. The Bertz CT molecular complexity index is 903. The van der Waals surface area contributed by atoms with Crippen molar-refractivity contribution >= 4 is 23.4 Å². The first-order chi connectivity index (χ1) is 12.7. The van der Waals surface area contributed by atoms with E-state index in [-0.39, 0.29) is 12.4 Å². The summed E-state index contributed by atoms with van der Waals surface area (Å²) in [5.74, 6) is 0. The molecular formula is C21H28ClN5. The van der Waals surface area contributed by atoms with Gasteiger partial charge in [-0.3, -0.25) is 9.58 Å². The third-order valence-electron chi connectivity index (χ3n) is 5.43. The molecule has 3 heterocycles. The highest BCUT2D eigenvalue weighted by Gasteiger charge is 2.24. The van der Waals surface area contributed by atoms with Crippen molar-refractivity contribution in [2.45, 2.75) is 32.9 Å². The van der Waals surface area contributed by atoms with Gasteiger partial charge in [-0.1, -0.05) is 31.2 Å². The van der Waals surface area contributed by atoms with Gasteiger partial charge >= 0.3 is 0 Å². The predicted octanol–water partition coefficient (Wildman–Crippen LogP) is 3.41. The number of benzene rings is 1. The van der Waals surface area contributed by atoms with Crippen molar-refractivity contribution in [1.82, 2.24) is 25.0 Å². The van der Waals surface area contributed by atoms with E-state index in [0.717, 1.165) is 49.3 Å². The molecule has 0 amide bonds. The Balaban J connectivity index is 0.00000210. The van der Waals surface area contributed by atoms with E-state index in [1.807, 2.05) is 17.9 Å². The molecule has 1 unspecified atom stereocenters. The average molecular weight is 386 g/mol. The van der Waals surface area contributed by atoms with Crippen LogP contribution in [0.3, 0.4) is 0 Å². The molecule has 0 spiro atoms. The minimum atomic E-state index is 0. The first kappa shape index (κ1) is 19.8. The van der Waals surface area contributed by atoms with Crippen molar-refractivity contribution in [2.24, 2.45) is 7.05 Å². The van der Waals surface area contributed by atoms with Crippen LogP contribution in [0.5, 0.6) is 0 Å². The highest BCUT2D eigenvalue weighted by atomic mass is 35.5. The van der Waals surface area contributed by atoms with E-state index < -0.39 is 0 Å². The number of hydrogen-bond acceptors (Lipinski definition) is 4. The highest BCUT2D eigenvalue weighted by molar-refractivity contribution is 5.85. The third-order valence-corrected chi connectivity index (χ3v) is 5.43. The van der Waals surface area contributed by atoms with Crippen LogP contribution in [0, 0.1) is 6.92 Å². The number of aryl methyl sites for hydroxylation is 3. The minimum Gasteiger partial charge on any atom is -0.314 e. The molecular weight excluding hydrogens is 358 g/mol. The number of rotatable bonds is 4. The van der Waals surface area contributed by atoms with E-state index in [4.69, 9.17) is 0 Å². The Morgan fingerprint density at radius 2 is 1.96 bits per heavy atom. The van der Waals surface area contributed by atoms with Crippen LogP contribution in [0.1, 0.15) is 35.3 Å². The lowest BCUT2D eigenvalue weighted by Gasteiger charge is -2.36. The largest absolute Gasteiger partial charge is 0.314 e. The van der Waals surface area contributed by atoms with E-state index in [9.17, 15) is 0 Å². The maximum absolute atomic E-state index is 4.65. The zero-order chi connectivity index (χ0) is 18.1. The van der Waals surface area contributed by atoms with E-state index in [2.05, 4.69) is 64.5 Å². The fourth-order valence-corrected chi connectivity index (χ4v) is 3.91. The van der Waals surface area contributed by atoms with Crippen LogP contribution < -0.4 is 5.32 Å². The van der Waals surface area contributed by atoms with Crippen molar-refractivity contribution in [1.29, 1.82) is 0 Å². The van der Waals surface area contributed by atoms with Gasteiger partial charge in [0.1, 0.15) is 0 Å². The predicted molar refractivity (Wildman–Crippen MR) is 112 cm³/mol. The number of piperazine rings is 1. The molecule has 1 aromatic carbocycles. The molecule has 5 nitrogen and oxygen atoms in total. The van der Waals surface area contributed by atoms with Crippen LogP contribution >= 0.6 is 12.4 Å². The first-order valence-corrected chi connectivity index (χ1v) is 9.47. The van der Waals surface area contributed by atoms with Gasteiger partial charge in [0.15, 0.2) is 5.65 Å². The molecule has 0 aliphatic carbocycles. The van der Waals surface area contributed by atoms with E-state index in [1.165, 1.54) is 16.7 Å². The summed E-state index contributed by atoms with van der Waals surface area (Å²) in [6.07, 6.45) is 3.09. The first-order valence-electron chi connectivity index (χ1n) is 9.47. The van der Waals surface area contributed by atoms with Gasteiger partial charge in [0.2, 0.25) is 0 Å². The molecule has 1 aliphatic heterocycles. The Kier molecular flexibility index (Phi) is 6.15. The smallest absolute Gasteiger partial charge is 0.157 e. The van der Waals surface area contributed by atoms with Gasteiger partial charge in [0.05, 0.1) is 5.69 Å². The summed E-state index contributed by atoms with van der Waals surface area (Å²) in [4.78, 5) is 7.21. The molecule has 144 valence electrons. The summed E-state index contributed by atoms with van der Waals surface area (Å²) < 4.78 is 1.86. The number of fused-ring (bicyclic) bond motifs is 1. The van der Waals surface area contributed by atoms with Gasteiger partial charge in [0.25, 0.3) is 0 Å². The zero-order valence-corrected chi connectivity index (χ0v) is 17.1. The van der Waals surface area contributed by atoms with Crippen molar-refractivity contribution in [3.63, 3.8) is 0 Å². The second kappa shape index (κ2) is 8.38. The standard InChI is InChI=1S/C21H27N5.ClH/c1-4-16-5-7-18(8-6-16)20-13-22-9-10-26(20)14-17-11-19-15(2)24-25(3)21(19)23-12-17;/h5-8,11-12,20,22H,4,9-10,13-14H2,1-3H3;1H. The van der Waals surface area contributed by atoms with Gasteiger partial charge in [-0.2, -0.15) is 5.10 Å². The monoisotopic (exact) mass is 385 g/mol. The quantitative estimate of drug-likeness (QED) is 0.747. The molecule has 4 rings (SSSR count). The molecule has 1 atom stereocenters. The van der Waals surface area contributed by atoms with E-state index in [1.54, 1.807) is 0 Å². The van der Waals surface area contributed by atoms with Crippen molar-refractivity contribution < 1.29 is 0 Å². The molecule has 1 N–H and O–H groups in total. The molecule has 27 heavy (non-hydrogen) atoms. The van der Waals surface area contributed by atoms with Crippen LogP contribution in [0.2, 0.25) is 0 Å². The second-order valence-electron chi connectivity index (χ2n) is 7.21.